The van der Waals surface area contributed by atoms with E-state index in [-0.39, 0.29) is 17.1 Å². The van der Waals surface area contributed by atoms with Crippen molar-refractivity contribution in [1.82, 2.24) is 9.55 Å². The Morgan fingerprint density at radius 1 is 1.32 bits per heavy atom. The van der Waals surface area contributed by atoms with Crippen LogP contribution in [0.25, 0.3) is 16.7 Å². The van der Waals surface area contributed by atoms with Gasteiger partial charge in [-0.15, -0.1) is 0 Å². The molecule has 5 N–H and O–H groups in total. The van der Waals surface area contributed by atoms with Crippen LogP contribution in [-0.4, -0.2) is 20.6 Å². The van der Waals surface area contributed by atoms with Crippen LogP contribution in [0.5, 0.6) is 5.75 Å². The largest absolute Gasteiger partial charge is 0.508 e. The van der Waals surface area contributed by atoms with E-state index in [9.17, 15) is 9.90 Å². The van der Waals surface area contributed by atoms with Gasteiger partial charge in [0.2, 0.25) is 0 Å². The first-order valence-electron chi connectivity index (χ1n) is 7.90. The number of ether oxygens (including phenoxy) is 1. The number of aryl methyl sites for hydroxylation is 1. The van der Waals surface area contributed by atoms with Crippen molar-refractivity contribution in [3.05, 3.63) is 46.1 Å². The SMILES string of the molecule is Cc1ccc(O)c(C)c1-n1c(N)c(C(N)=O)c2cc3c(nc21)COC3. The minimum absolute atomic E-state index is 0.145. The lowest BCUT2D eigenvalue weighted by atomic mass is 10.1. The average Bonchev–Trinajstić information content (AvgIpc) is 3.11. The van der Waals surface area contributed by atoms with Crippen LogP contribution in [0.4, 0.5) is 5.82 Å². The molecule has 128 valence electrons. The lowest BCUT2D eigenvalue weighted by molar-refractivity contribution is 0.100. The van der Waals surface area contributed by atoms with Crippen LogP contribution in [0.2, 0.25) is 0 Å². The maximum Gasteiger partial charge on any atom is 0.253 e. The Hall–Kier alpha value is -3.06. The van der Waals surface area contributed by atoms with E-state index in [4.69, 9.17) is 16.2 Å². The minimum Gasteiger partial charge on any atom is -0.508 e. The van der Waals surface area contributed by atoms with Crippen molar-refractivity contribution < 1.29 is 14.6 Å². The molecular formula is C18H18N4O3. The molecule has 0 fully saturated rings. The zero-order valence-electron chi connectivity index (χ0n) is 14.0. The fraction of sp³-hybridized carbons (Fsp3) is 0.222. The molecule has 1 amide bonds. The number of rotatable bonds is 2. The van der Waals surface area contributed by atoms with Crippen LogP contribution in [-0.2, 0) is 18.0 Å². The van der Waals surface area contributed by atoms with Gasteiger partial charge in [-0.1, -0.05) is 6.07 Å². The van der Waals surface area contributed by atoms with Crippen molar-refractivity contribution in [1.29, 1.82) is 0 Å². The van der Waals surface area contributed by atoms with Crippen molar-refractivity contribution in [3.8, 4) is 11.4 Å². The van der Waals surface area contributed by atoms with E-state index in [0.29, 0.717) is 35.5 Å². The molecule has 7 nitrogen and oxygen atoms in total. The van der Waals surface area contributed by atoms with Crippen molar-refractivity contribution in [2.24, 2.45) is 5.73 Å². The Morgan fingerprint density at radius 3 is 2.80 bits per heavy atom. The lowest BCUT2D eigenvalue weighted by Gasteiger charge is -2.15. The van der Waals surface area contributed by atoms with Gasteiger partial charge in [-0.25, -0.2) is 4.98 Å². The fourth-order valence-electron chi connectivity index (χ4n) is 3.46. The Morgan fingerprint density at radius 2 is 2.08 bits per heavy atom. The first-order valence-corrected chi connectivity index (χ1v) is 7.90. The number of carbonyl (C=O) groups is 1. The van der Waals surface area contributed by atoms with Crippen LogP contribution >= 0.6 is 0 Å². The number of pyridine rings is 1. The molecule has 2 aromatic heterocycles. The number of benzene rings is 1. The number of amides is 1. The number of aromatic hydroxyl groups is 1. The summed E-state index contributed by atoms with van der Waals surface area (Å²) in [6.07, 6.45) is 0. The highest BCUT2D eigenvalue weighted by molar-refractivity contribution is 6.11. The fourth-order valence-corrected chi connectivity index (χ4v) is 3.46. The third-order valence-corrected chi connectivity index (χ3v) is 4.72. The summed E-state index contributed by atoms with van der Waals surface area (Å²) < 4.78 is 7.13. The number of hydrogen-bond acceptors (Lipinski definition) is 5. The van der Waals surface area contributed by atoms with E-state index in [1.807, 2.05) is 13.0 Å². The molecule has 0 bridgehead atoms. The molecule has 7 heteroatoms. The number of primary amides is 1. The van der Waals surface area contributed by atoms with E-state index in [2.05, 4.69) is 4.98 Å². The predicted octanol–water partition coefficient (Wildman–Crippen LogP) is 2.06. The highest BCUT2D eigenvalue weighted by atomic mass is 16.5. The summed E-state index contributed by atoms with van der Waals surface area (Å²) >= 11 is 0. The van der Waals surface area contributed by atoms with Crippen LogP contribution in [0.3, 0.4) is 0 Å². The summed E-state index contributed by atoms with van der Waals surface area (Å²) in [5.74, 6) is -0.249. The predicted molar refractivity (Wildman–Crippen MR) is 93.6 cm³/mol. The number of phenols is 1. The second-order valence-electron chi connectivity index (χ2n) is 6.29. The lowest BCUT2D eigenvalue weighted by Crippen LogP contribution is -2.14. The standard InChI is InChI=1S/C18H18N4O3/c1-8-3-4-13(23)9(2)15(8)22-16(19)14(17(20)24)11-5-10-6-25-7-12(10)21-18(11)22/h3-5,23H,6-7,19H2,1-2H3,(H2,20,24). The summed E-state index contributed by atoms with van der Waals surface area (Å²) in [4.78, 5) is 16.7. The highest BCUT2D eigenvalue weighted by Gasteiger charge is 2.26. The topological polar surface area (TPSA) is 116 Å². The van der Waals surface area contributed by atoms with Crippen LogP contribution < -0.4 is 11.5 Å². The molecule has 0 aliphatic carbocycles. The first-order chi connectivity index (χ1) is 11.9. The normalized spacial score (nSPS) is 13.4. The van der Waals surface area contributed by atoms with Gasteiger partial charge in [0.15, 0.2) is 0 Å². The summed E-state index contributed by atoms with van der Waals surface area (Å²) in [5, 5.41) is 10.7. The molecule has 1 aromatic carbocycles. The summed E-state index contributed by atoms with van der Waals surface area (Å²) in [7, 11) is 0. The third-order valence-electron chi connectivity index (χ3n) is 4.72. The van der Waals surface area contributed by atoms with Crippen molar-refractivity contribution in [2.75, 3.05) is 5.73 Å². The number of nitrogens with zero attached hydrogens (tertiary/aromatic N) is 2. The third kappa shape index (κ3) is 2.09. The van der Waals surface area contributed by atoms with E-state index in [1.165, 1.54) is 0 Å². The number of nitrogen functional groups attached to an aromatic ring is 1. The zero-order valence-corrected chi connectivity index (χ0v) is 14.0. The Labute approximate surface area is 143 Å². The van der Waals surface area contributed by atoms with E-state index in [0.717, 1.165) is 16.8 Å². The van der Waals surface area contributed by atoms with Crippen LogP contribution in [0, 0.1) is 13.8 Å². The molecule has 3 heterocycles. The van der Waals surface area contributed by atoms with Gasteiger partial charge in [-0.2, -0.15) is 0 Å². The van der Waals surface area contributed by atoms with Gasteiger partial charge in [0.1, 0.15) is 17.2 Å². The van der Waals surface area contributed by atoms with Crippen molar-refractivity contribution in [2.45, 2.75) is 27.1 Å². The maximum absolute atomic E-state index is 12.0. The van der Waals surface area contributed by atoms with Gasteiger partial charge in [-0.3, -0.25) is 9.36 Å². The van der Waals surface area contributed by atoms with Crippen molar-refractivity contribution >= 4 is 22.8 Å². The van der Waals surface area contributed by atoms with Gasteiger partial charge in [0.25, 0.3) is 5.91 Å². The molecule has 3 aromatic rings. The van der Waals surface area contributed by atoms with Gasteiger partial charge >= 0.3 is 0 Å². The van der Waals surface area contributed by atoms with Gasteiger partial charge < -0.3 is 21.3 Å². The highest BCUT2D eigenvalue weighted by Crippen LogP contribution is 2.37. The monoisotopic (exact) mass is 338 g/mol. The molecular weight excluding hydrogens is 320 g/mol. The minimum atomic E-state index is -0.614. The molecule has 0 atom stereocenters. The molecule has 4 rings (SSSR count). The number of carbonyl (C=O) groups excluding carboxylic acids is 1. The van der Waals surface area contributed by atoms with Gasteiger partial charge in [0, 0.05) is 16.5 Å². The number of fused-ring (bicyclic) bond motifs is 2. The number of nitrogens with two attached hydrogens (primary N) is 2. The van der Waals surface area contributed by atoms with Crippen LogP contribution in [0.1, 0.15) is 32.7 Å². The van der Waals surface area contributed by atoms with Gasteiger partial charge in [0.05, 0.1) is 30.2 Å². The van der Waals surface area contributed by atoms with Gasteiger partial charge in [-0.05, 0) is 31.5 Å². The molecule has 0 saturated carbocycles. The molecule has 25 heavy (non-hydrogen) atoms. The zero-order chi connectivity index (χ0) is 17.9. The quantitative estimate of drug-likeness (QED) is 0.661. The van der Waals surface area contributed by atoms with E-state index in [1.54, 1.807) is 23.6 Å². The first kappa shape index (κ1) is 15.5. The number of phenolic OH excluding ortho intramolecular Hbond substituents is 1. The molecule has 0 unspecified atom stereocenters. The average molecular weight is 338 g/mol. The van der Waals surface area contributed by atoms with Crippen molar-refractivity contribution in [3.63, 3.8) is 0 Å². The summed E-state index contributed by atoms with van der Waals surface area (Å²) in [6.45, 7) is 4.57. The Balaban J connectivity index is 2.17. The van der Waals surface area contributed by atoms with Crippen LogP contribution in [0.15, 0.2) is 18.2 Å². The number of anilines is 1. The Bertz CT molecular complexity index is 1050. The summed E-state index contributed by atoms with van der Waals surface area (Å²) in [5.41, 5.74) is 16.6. The summed E-state index contributed by atoms with van der Waals surface area (Å²) in [6, 6.07) is 5.29. The maximum atomic E-state index is 12.0. The number of hydrogen-bond donors (Lipinski definition) is 3. The molecule has 0 radical (unpaired) electrons. The Kier molecular flexibility index (Phi) is 3.23. The molecule has 1 aliphatic heterocycles. The smallest absolute Gasteiger partial charge is 0.253 e. The second kappa shape index (κ2) is 5.22. The molecule has 0 saturated heterocycles. The number of aromatic nitrogens is 2. The van der Waals surface area contributed by atoms with E-state index < -0.39 is 5.91 Å². The molecule has 0 spiro atoms. The van der Waals surface area contributed by atoms with E-state index >= 15 is 0 Å². The second-order valence-corrected chi connectivity index (χ2v) is 6.29. The molecule has 1 aliphatic rings.